The molecule has 1 rings (SSSR count). The average molecular weight is 226 g/mol. The van der Waals surface area contributed by atoms with E-state index in [4.69, 9.17) is 15.3 Å². The smallest absolute Gasteiger partial charge is 0.130 e. The van der Waals surface area contributed by atoms with E-state index in [1.165, 1.54) is 0 Å². The van der Waals surface area contributed by atoms with Gasteiger partial charge in [-0.25, -0.2) is 0 Å². The minimum atomic E-state index is 0.0932. The van der Waals surface area contributed by atoms with Gasteiger partial charge in [0, 0.05) is 0 Å². The summed E-state index contributed by atoms with van der Waals surface area (Å²) in [7, 11) is 0. The second-order valence-electron chi connectivity index (χ2n) is 3.56. The van der Waals surface area contributed by atoms with E-state index in [0.29, 0.717) is 6.61 Å². The topological polar surface area (TPSA) is 56.8 Å². The summed E-state index contributed by atoms with van der Waals surface area (Å²) in [5.74, 6) is 0.766. The van der Waals surface area contributed by atoms with Crippen molar-refractivity contribution >= 4 is 6.08 Å². The molecule has 0 aliphatic heterocycles. The molecule has 1 aromatic carbocycles. The van der Waals surface area contributed by atoms with Gasteiger partial charge in [-0.15, -0.1) is 0 Å². The Morgan fingerprint density at radius 3 is 2.76 bits per heavy atom. The Balaban J connectivity index is 2.77. The molecular weight excluding hydrogens is 212 g/mol. The molecule has 86 valence electrons. The first-order valence-electron chi connectivity index (χ1n) is 5.55. The van der Waals surface area contributed by atoms with Gasteiger partial charge in [0.25, 0.3) is 0 Å². The van der Waals surface area contributed by atoms with E-state index in [0.717, 1.165) is 24.2 Å². The molecule has 3 heteroatoms. The Morgan fingerprint density at radius 1 is 1.35 bits per heavy atom. The van der Waals surface area contributed by atoms with Crippen molar-refractivity contribution in [3.63, 3.8) is 0 Å². The van der Waals surface area contributed by atoms with Gasteiger partial charge >= 0.3 is 0 Å². The van der Waals surface area contributed by atoms with Crippen molar-refractivity contribution in [3.05, 3.63) is 35.4 Å². The Kier molecular flexibility index (Phi) is 5.34. The number of nitriles is 2. The fourth-order valence-corrected chi connectivity index (χ4v) is 1.28. The minimum absolute atomic E-state index is 0.0932. The van der Waals surface area contributed by atoms with E-state index in [-0.39, 0.29) is 5.57 Å². The largest absolute Gasteiger partial charge is 0.494 e. The number of hydrogen-bond acceptors (Lipinski definition) is 3. The van der Waals surface area contributed by atoms with Crippen LogP contribution in [0.4, 0.5) is 0 Å². The second-order valence-corrected chi connectivity index (χ2v) is 3.56. The lowest BCUT2D eigenvalue weighted by Crippen LogP contribution is -1.96. The first-order chi connectivity index (χ1) is 8.30. The van der Waals surface area contributed by atoms with Crippen molar-refractivity contribution in [2.45, 2.75) is 19.8 Å². The molecule has 0 atom stereocenters. The van der Waals surface area contributed by atoms with Gasteiger partial charge < -0.3 is 4.74 Å². The molecule has 0 radical (unpaired) electrons. The Bertz CT molecular complexity index is 462. The summed E-state index contributed by atoms with van der Waals surface area (Å²) < 4.78 is 5.54. The Morgan fingerprint density at radius 2 is 2.12 bits per heavy atom. The third-order valence-corrected chi connectivity index (χ3v) is 2.18. The minimum Gasteiger partial charge on any atom is -0.494 e. The van der Waals surface area contributed by atoms with Crippen molar-refractivity contribution in [1.82, 2.24) is 0 Å². The zero-order valence-electron chi connectivity index (χ0n) is 9.81. The zero-order chi connectivity index (χ0) is 12.5. The van der Waals surface area contributed by atoms with E-state index < -0.39 is 0 Å². The van der Waals surface area contributed by atoms with Gasteiger partial charge in [0.05, 0.1) is 6.61 Å². The van der Waals surface area contributed by atoms with Gasteiger partial charge in [0.1, 0.15) is 23.5 Å². The predicted octanol–water partition coefficient (Wildman–Crippen LogP) is 3.30. The van der Waals surface area contributed by atoms with Crippen LogP contribution in [-0.4, -0.2) is 6.61 Å². The number of allylic oxidation sites excluding steroid dienone is 1. The predicted molar refractivity (Wildman–Crippen MR) is 66.0 cm³/mol. The molecule has 0 N–H and O–H groups in total. The number of hydrogen-bond donors (Lipinski definition) is 0. The molecule has 3 nitrogen and oxygen atoms in total. The summed E-state index contributed by atoms with van der Waals surface area (Å²) in [5.41, 5.74) is 0.896. The quantitative estimate of drug-likeness (QED) is 0.571. The normalized spacial score (nSPS) is 8.88. The lowest BCUT2D eigenvalue weighted by Gasteiger charge is -2.05. The molecular formula is C14H14N2O. The van der Waals surface area contributed by atoms with Crippen LogP contribution in [0.15, 0.2) is 29.8 Å². The van der Waals surface area contributed by atoms with Crippen LogP contribution in [0.3, 0.4) is 0 Å². The van der Waals surface area contributed by atoms with E-state index >= 15 is 0 Å². The highest BCUT2D eigenvalue weighted by Gasteiger charge is 1.97. The number of nitrogens with zero attached hydrogens (tertiary/aromatic N) is 2. The van der Waals surface area contributed by atoms with Gasteiger partial charge in [-0.3, -0.25) is 0 Å². The van der Waals surface area contributed by atoms with Gasteiger partial charge in [0.15, 0.2) is 0 Å². The molecule has 17 heavy (non-hydrogen) atoms. The van der Waals surface area contributed by atoms with Crippen LogP contribution in [0.5, 0.6) is 5.75 Å². The van der Waals surface area contributed by atoms with Gasteiger partial charge in [-0.2, -0.15) is 10.5 Å². The first kappa shape index (κ1) is 12.8. The molecule has 0 unspecified atom stereocenters. The molecule has 1 aromatic rings. The van der Waals surface area contributed by atoms with E-state index in [9.17, 15) is 0 Å². The number of ether oxygens (including phenoxy) is 1. The Hall–Kier alpha value is -2.26. The summed E-state index contributed by atoms with van der Waals surface area (Å²) in [6.45, 7) is 2.79. The molecule has 0 fully saturated rings. The van der Waals surface area contributed by atoms with Crippen LogP contribution in [-0.2, 0) is 0 Å². The van der Waals surface area contributed by atoms with Crippen molar-refractivity contribution in [2.24, 2.45) is 0 Å². The SMILES string of the molecule is CCCCOc1cccc(C=C(C#N)C#N)c1. The fourth-order valence-electron chi connectivity index (χ4n) is 1.28. The highest BCUT2D eigenvalue weighted by Crippen LogP contribution is 2.16. The molecule has 0 bridgehead atoms. The third-order valence-electron chi connectivity index (χ3n) is 2.18. The van der Waals surface area contributed by atoms with Crippen molar-refractivity contribution in [2.75, 3.05) is 6.61 Å². The maximum Gasteiger partial charge on any atom is 0.130 e. The number of unbranched alkanes of at least 4 members (excludes halogenated alkanes) is 1. The lowest BCUT2D eigenvalue weighted by molar-refractivity contribution is 0.309. The molecule has 0 aromatic heterocycles. The summed E-state index contributed by atoms with van der Waals surface area (Å²) in [5, 5.41) is 17.3. The first-order valence-corrected chi connectivity index (χ1v) is 5.55. The molecule has 0 saturated heterocycles. The van der Waals surface area contributed by atoms with Crippen LogP contribution in [0.2, 0.25) is 0 Å². The van der Waals surface area contributed by atoms with Crippen LogP contribution < -0.4 is 4.74 Å². The highest BCUT2D eigenvalue weighted by atomic mass is 16.5. The van der Waals surface area contributed by atoms with Gasteiger partial charge in [-0.1, -0.05) is 25.5 Å². The maximum absolute atomic E-state index is 8.66. The molecule has 0 spiro atoms. The molecule has 0 heterocycles. The Labute approximate surface area is 102 Å². The molecule has 0 aliphatic rings. The summed E-state index contributed by atoms with van der Waals surface area (Å²) in [4.78, 5) is 0. The van der Waals surface area contributed by atoms with Gasteiger partial charge in [0.2, 0.25) is 0 Å². The second kappa shape index (κ2) is 7.09. The van der Waals surface area contributed by atoms with Crippen molar-refractivity contribution in [1.29, 1.82) is 10.5 Å². The molecule has 0 aliphatic carbocycles. The summed E-state index contributed by atoms with van der Waals surface area (Å²) in [6, 6.07) is 11.0. The lowest BCUT2D eigenvalue weighted by atomic mass is 10.1. The standard InChI is InChI=1S/C14H14N2O/c1-2-3-7-17-14-6-4-5-12(9-14)8-13(10-15)11-16/h4-6,8-9H,2-3,7H2,1H3. The number of rotatable bonds is 5. The van der Waals surface area contributed by atoms with Gasteiger partial charge in [-0.05, 0) is 30.2 Å². The number of benzene rings is 1. The van der Waals surface area contributed by atoms with E-state index in [2.05, 4.69) is 6.92 Å². The van der Waals surface area contributed by atoms with Crippen LogP contribution in [0.25, 0.3) is 6.08 Å². The van der Waals surface area contributed by atoms with Crippen molar-refractivity contribution < 1.29 is 4.74 Å². The van der Waals surface area contributed by atoms with E-state index in [1.807, 2.05) is 36.4 Å². The van der Waals surface area contributed by atoms with Crippen LogP contribution in [0, 0.1) is 22.7 Å². The summed E-state index contributed by atoms with van der Waals surface area (Å²) in [6.07, 6.45) is 3.65. The molecule has 0 saturated carbocycles. The van der Waals surface area contributed by atoms with Crippen LogP contribution >= 0.6 is 0 Å². The third kappa shape index (κ3) is 4.40. The van der Waals surface area contributed by atoms with Crippen LogP contribution in [0.1, 0.15) is 25.3 Å². The van der Waals surface area contributed by atoms with Crippen molar-refractivity contribution in [3.8, 4) is 17.9 Å². The fraction of sp³-hybridized carbons (Fsp3) is 0.286. The highest BCUT2D eigenvalue weighted by molar-refractivity contribution is 5.62. The zero-order valence-corrected chi connectivity index (χ0v) is 9.81. The maximum atomic E-state index is 8.66. The summed E-state index contributed by atoms with van der Waals surface area (Å²) >= 11 is 0. The molecule has 0 amide bonds. The monoisotopic (exact) mass is 226 g/mol. The average Bonchev–Trinajstić information content (AvgIpc) is 2.37. The van der Waals surface area contributed by atoms with E-state index in [1.54, 1.807) is 6.08 Å².